The van der Waals surface area contributed by atoms with Crippen LogP contribution in [0.25, 0.3) is 10.9 Å². The van der Waals surface area contributed by atoms with E-state index >= 15 is 0 Å². The van der Waals surface area contributed by atoms with Gasteiger partial charge in [0.2, 0.25) is 0 Å². The van der Waals surface area contributed by atoms with E-state index in [0.29, 0.717) is 4.47 Å². The van der Waals surface area contributed by atoms with Crippen molar-refractivity contribution in [2.75, 3.05) is 33.2 Å². The Balaban J connectivity index is 0.00000225. The van der Waals surface area contributed by atoms with E-state index in [2.05, 4.69) is 32.8 Å². The maximum absolute atomic E-state index is 13.3. The first-order valence-corrected chi connectivity index (χ1v) is 11.2. The molecule has 0 aliphatic carbocycles. The summed E-state index contributed by atoms with van der Waals surface area (Å²) in [7, 11) is -1.55. The van der Waals surface area contributed by atoms with Gasteiger partial charge in [0.05, 0.1) is 5.52 Å². The van der Waals surface area contributed by atoms with Gasteiger partial charge in [-0.1, -0.05) is 30.3 Å². The molecule has 1 aliphatic rings. The Bertz CT molecular complexity index is 1080. The third-order valence-electron chi connectivity index (χ3n) is 5.12. The zero-order chi connectivity index (χ0) is 19.0. The normalized spacial score (nSPS) is 16.2. The van der Waals surface area contributed by atoms with Crippen LogP contribution in [0.5, 0.6) is 0 Å². The summed E-state index contributed by atoms with van der Waals surface area (Å²) >= 11 is 3.38. The fourth-order valence-corrected chi connectivity index (χ4v) is 5.91. The number of hydrogen-bond donors (Lipinski definition) is 0. The molecular formula is C20H23BrClN3O2S. The zero-order valence-corrected chi connectivity index (χ0v) is 18.8. The highest BCUT2D eigenvalue weighted by Gasteiger charge is 2.24. The molecule has 0 saturated carbocycles. The molecule has 5 nitrogen and oxygen atoms in total. The lowest BCUT2D eigenvalue weighted by Gasteiger charge is -2.32. The van der Waals surface area contributed by atoms with Crippen molar-refractivity contribution in [3.63, 3.8) is 0 Å². The van der Waals surface area contributed by atoms with Crippen LogP contribution >= 0.6 is 28.3 Å². The van der Waals surface area contributed by atoms with Crippen LogP contribution in [0.2, 0.25) is 0 Å². The van der Waals surface area contributed by atoms with Gasteiger partial charge in [0, 0.05) is 48.8 Å². The molecular weight excluding hydrogens is 462 g/mol. The second kappa shape index (κ2) is 8.55. The summed E-state index contributed by atoms with van der Waals surface area (Å²) in [5.74, 6) is 0. The smallest absolute Gasteiger partial charge is 0.269 e. The van der Waals surface area contributed by atoms with E-state index in [1.165, 1.54) is 3.97 Å². The number of piperazine rings is 1. The van der Waals surface area contributed by atoms with Crippen molar-refractivity contribution in [1.82, 2.24) is 13.8 Å². The van der Waals surface area contributed by atoms with Gasteiger partial charge in [0.15, 0.2) is 0 Å². The minimum Gasteiger partial charge on any atom is -0.304 e. The lowest BCUT2D eigenvalue weighted by Crippen LogP contribution is -2.43. The van der Waals surface area contributed by atoms with E-state index in [0.717, 1.165) is 49.2 Å². The first-order valence-electron chi connectivity index (χ1n) is 8.97. The first kappa shape index (κ1) is 21.3. The highest BCUT2D eigenvalue weighted by Crippen LogP contribution is 2.30. The van der Waals surface area contributed by atoms with Gasteiger partial charge in [-0.05, 0) is 46.7 Å². The fraction of sp³-hybridized carbons (Fsp3) is 0.300. The summed E-state index contributed by atoms with van der Waals surface area (Å²) in [5, 5.41) is 0.993. The van der Waals surface area contributed by atoms with Crippen LogP contribution in [0.15, 0.2) is 64.1 Å². The lowest BCUT2D eigenvalue weighted by molar-refractivity contribution is 0.148. The summed E-state index contributed by atoms with van der Waals surface area (Å²) in [4.78, 5) is 4.98. The van der Waals surface area contributed by atoms with Crippen LogP contribution in [0.1, 0.15) is 5.56 Å². The van der Waals surface area contributed by atoms with Gasteiger partial charge in [-0.25, -0.2) is 12.4 Å². The SMILES string of the molecule is CN1CCN(Cc2cn(S(=O)(=O)c3ccccc3Br)c3ccccc23)CC1.Cl. The van der Waals surface area contributed by atoms with Crippen LogP contribution in [0, 0.1) is 0 Å². The summed E-state index contributed by atoms with van der Waals surface area (Å²) in [6.07, 6.45) is 1.79. The molecule has 150 valence electrons. The molecule has 1 saturated heterocycles. The number of nitrogens with zero attached hydrogens (tertiary/aromatic N) is 3. The van der Waals surface area contributed by atoms with Crippen LogP contribution < -0.4 is 0 Å². The molecule has 28 heavy (non-hydrogen) atoms. The Kier molecular flexibility index (Phi) is 6.51. The standard InChI is InChI=1S/C20H22BrN3O2S.ClH/c1-22-10-12-23(13-11-22)14-16-15-24(19-8-4-2-6-17(16)19)27(25,26)20-9-5-3-7-18(20)21;/h2-9,15H,10-14H2,1H3;1H. The van der Waals surface area contributed by atoms with E-state index in [1.807, 2.05) is 30.3 Å². The van der Waals surface area contributed by atoms with E-state index in [-0.39, 0.29) is 17.3 Å². The zero-order valence-electron chi connectivity index (χ0n) is 15.6. The predicted molar refractivity (Wildman–Crippen MR) is 119 cm³/mol. The van der Waals surface area contributed by atoms with Crippen LogP contribution in [0.4, 0.5) is 0 Å². The van der Waals surface area contributed by atoms with E-state index in [4.69, 9.17) is 0 Å². The fourth-order valence-electron chi connectivity index (χ4n) is 3.55. The Morgan fingerprint density at radius 1 is 0.964 bits per heavy atom. The van der Waals surface area contributed by atoms with Crippen molar-refractivity contribution in [2.45, 2.75) is 11.4 Å². The number of fused-ring (bicyclic) bond motifs is 1. The molecule has 1 aromatic heterocycles. The Morgan fingerprint density at radius 3 is 2.32 bits per heavy atom. The Labute approximate surface area is 180 Å². The average molecular weight is 485 g/mol. The Hall–Kier alpha value is -1.38. The number of para-hydroxylation sites is 1. The van der Waals surface area contributed by atoms with Crippen molar-refractivity contribution < 1.29 is 8.42 Å². The molecule has 1 fully saturated rings. The van der Waals surface area contributed by atoms with Gasteiger partial charge in [-0.3, -0.25) is 4.90 Å². The molecule has 0 N–H and O–H groups in total. The number of likely N-dealkylation sites (N-methyl/N-ethyl adjacent to an activating group) is 1. The number of benzene rings is 2. The van der Waals surface area contributed by atoms with Crippen molar-refractivity contribution in [1.29, 1.82) is 0 Å². The largest absolute Gasteiger partial charge is 0.304 e. The topological polar surface area (TPSA) is 45.5 Å². The second-order valence-corrected chi connectivity index (χ2v) is 9.62. The molecule has 2 aromatic carbocycles. The molecule has 1 aliphatic heterocycles. The van der Waals surface area contributed by atoms with Crippen LogP contribution in [-0.2, 0) is 16.6 Å². The summed E-state index contributed by atoms with van der Waals surface area (Å²) in [6.45, 7) is 4.81. The van der Waals surface area contributed by atoms with E-state index in [1.54, 1.807) is 24.4 Å². The molecule has 0 amide bonds. The van der Waals surface area contributed by atoms with E-state index in [9.17, 15) is 8.42 Å². The van der Waals surface area contributed by atoms with Crippen LogP contribution in [0.3, 0.4) is 0 Å². The number of hydrogen-bond acceptors (Lipinski definition) is 4. The van der Waals surface area contributed by atoms with Gasteiger partial charge >= 0.3 is 0 Å². The second-order valence-electron chi connectivity index (χ2n) is 6.98. The molecule has 0 radical (unpaired) electrons. The highest BCUT2D eigenvalue weighted by atomic mass is 79.9. The van der Waals surface area contributed by atoms with Crippen LogP contribution in [-0.4, -0.2) is 55.4 Å². The monoisotopic (exact) mass is 483 g/mol. The summed E-state index contributed by atoms with van der Waals surface area (Å²) in [6, 6.07) is 14.7. The third-order valence-corrected chi connectivity index (χ3v) is 7.81. The van der Waals surface area contributed by atoms with Crippen molar-refractivity contribution in [3.8, 4) is 0 Å². The molecule has 0 atom stereocenters. The van der Waals surface area contributed by atoms with Crippen molar-refractivity contribution in [3.05, 3.63) is 64.8 Å². The number of halogens is 2. The molecule has 0 unspecified atom stereocenters. The van der Waals surface area contributed by atoms with E-state index < -0.39 is 10.0 Å². The molecule has 8 heteroatoms. The summed E-state index contributed by atoms with van der Waals surface area (Å²) < 4.78 is 28.7. The van der Waals surface area contributed by atoms with Gasteiger partial charge in [-0.15, -0.1) is 12.4 Å². The molecule has 4 rings (SSSR count). The average Bonchev–Trinajstić information content (AvgIpc) is 3.03. The first-order chi connectivity index (χ1) is 13.0. The van der Waals surface area contributed by atoms with Crippen molar-refractivity contribution >= 4 is 49.3 Å². The molecule has 0 spiro atoms. The quantitative estimate of drug-likeness (QED) is 0.565. The molecule has 2 heterocycles. The maximum atomic E-state index is 13.3. The highest BCUT2D eigenvalue weighted by molar-refractivity contribution is 9.10. The summed E-state index contributed by atoms with van der Waals surface area (Å²) in [5.41, 5.74) is 1.77. The maximum Gasteiger partial charge on any atom is 0.269 e. The predicted octanol–water partition coefficient (Wildman–Crippen LogP) is 3.81. The van der Waals surface area contributed by atoms with Gasteiger partial charge in [-0.2, -0.15) is 0 Å². The van der Waals surface area contributed by atoms with Gasteiger partial charge in [0.25, 0.3) is 10.0 Å². The lowest BCUT2D eigenvalue weighted by atomic mass is 10.1. The molecule has 3 aromatic rings. The number of aromatic nitrogens is 1. The third kappa shape index (κ3) is 4.00. The van der Waals surface area contributed by atoms with Gasteiger partial charge in [0.1, 0.15) is 4.90 Å². The van der Waals surface area contributed by atoms with Gasteiger partial charge < -0.3 is 4.90 Å². The number of rotatable bonds is 4. The minimum atomic E-state index is -3.68. The Morgan fingerprint density at radius 2 is 1.61 bits per heavy atom. The minimum absolute atomic E-state index is 0. The molecule has 0 bridgehead atoms. The van der Waals surface area contributed by atoms with Crippen molar-refractivity contribution in [2.24, 2.45) is 0 Å².